The Bertz CT molecular complexity index is 940. The molecule has 1 N–H and O–H groups in total. The van der Waals surface area contributed by atoms with Crippen molar-refractivity contribution >= 4 is 17.7 Å². The van der Waals surface area contributed by atoms with Crippen LogP contribution in [0.15, 0.2) is 34.8 Å². The number of esters is 1. The second-order valence-corrected chi connectivity index (χ2v) is 9.82. The number of piperidine rings is 2. The van der Waals surface area contributed by atoms with Crippen molar-refractivity contribution in [2.75, 3.05) is 39.4 Å². The van der Waals surface area contributed by atoms with E-state index in [9.17, 15) is 19.5 Å². The molecule has 2 saturated heterocycles. The molecule has 5 rings (SSSR count). The van der Waals surface area contributed by atoms with Gasteiger partial charge in [-0.2, -0.15) is 0 Å². The van der Waals surface area contributed by atoms with E-state index in [1.54, 1.807) is 11.2 Å². The molecule has 8 nitrogen and oxygen atoms in total. The summed E-state index contributed by atoms with van der Waals surface area (Å²) in [6.07, 6.45) is 5.87. The molecular formula is C24H30N2O6. The van der Waals surface area contributed by atoms with Gasteiger partial charge in [-0.15, -0.1) is 0 Å². The van der Waals surface area contributed by atoms with Gasteiger partial charge >= 0.3 is 5.97 Å². The molecule has 2 fully saturated rings. The van der Waals surface area contributed by atoms with Crippen LogP contribution in [0.5, 0.6) is 0 Å². The highest BCUT2D eigenvalue weighted by molar-refractivity contribution is 5.90. The number of ketones is 1. The summed E-state index contributed by atoms with van der Waals surface area (Å²) in [5.74, 6) is -0.721. The highest BCUT2D eigenvalue weighted by Gasteiger charge is 2.43. The van der Waals surface area contributed by atoms with Gasteiger partial charge < -0.3 is 24.4 Å². The van der Waals surface area contributed by atoms with Crippen LogP contribution in [0.2, 0.25) is 0 Å². The Morgan fingerprint density at radius 3 is 2.59 bits per heavy atom. The van der Waals surface area contributed by atoms with Crippen LogP contribution in [0, 0.1) is 11.3 Å². The van der Waals surface area contributed by atoms with E-state index in [0.29, 0.717) is 38.2 Å². The van der Waals surface area contributed by atoms with E-state index in [1.807, 2.05) is 6.92 Å². The van der Waals surface area contributed by atoms with Crippen LogP contribution in [0.1, 0.15) is 39.0 Å². The second-order valence-electron chi connectivity index (χ2n) is 9.82. The van der Waals surface area contributed by atoms with Gasteiger partial charge in [-0.25, -0.2) is 4.79 Å². The number of aliphatic hydroxyl groups excluding tert-OH is 1. The number of aliphatic hydroxyl groups is 1. The Morgan fingerprint density at radius 2 is 1.91 bits per heavy atom. The van der Waals surface area contributed by atoms with Crippen molar-refractivity contribution in [3.63, 3.8) is 0 Å². The Morgan fingerprint density at radius 1 is 1.16 bits per heavy atom. The number of ether oxygens (including phenoxy) is 2. The maximum atomic E-state index is 12.8. The van der Waals surface area contributed by atoms with E-state index in [0.717, 1.165) is 49.1 Å². The van der Waals surface area contributed by atoms with Crippen LogP contribution in [0.4, 0.5) is 0 Å². The number of carbonyl (C=O) groups is 3. The predicted octanol–water partition coefficient (Wildman–Crippen LogP) is 1.31. The molecule has 2 atom stereocenters. The van der Waals surface area contributed by atoms with E-state index in [1.165, 1.54) is 6.08 Å². The molecule has 32 heavy (non-hydrogen) atoms. The zero-order valence-corrected chi connectivity index (χ0v) is 18.5. The molecular weight excluding hydrogens is 412 g/mol. The molecule has 0 saturated carbocycles. The van der Waals surface area contributed by atoms with Gasteiger partial charge in [0.05, 0.1) is 24.0 Å². The second kappa shape index (κ2) is 8.15. The molecule has 1 spiro atoms. The predicted molar refractivity (Wildman–Crippen MR) is 114 cm³/mol. The molecule has 0 bridgehead atoms. The zero-order chi connectivity index (χ0) is 22.5. The molecule has 0 aromatic rings. The van der Waals surface area contributed by atoms with E-state index in [-0.39, 0.29) is 29.7 Å². The number of β-amino-alcohol motifs (C(OH)–C–C–N with tert-alkyl or cyclic N) is 1. The zero-order valence-electron chi connectivity index (χ0n) is 18.5. The number of amides is 1. The third-order valence-electron chi connectivity index (χ3n) is 7.93. The van der Waals surface area contributed by atoms with E-state index >= 15 is 0 Å². The first-order valence-corrected chi connectivity index (χ1v) is 11.5. The lowest BCUT2D eigenvalue weighted by molar-refractivity contribution is -0.139. The average Bonchev–Trinajstić information content (AvgIpc) is 3.39. The molecule has 4 heterocycles. The van der Waals surface area contributed by atoms with Gasteiger partial charge in [0.25, 0.3) is 0 Å². The molecule has 5 aliphatic rings. The first-order valence-electron chi connectivity index (χ1n) is 11.5. The summed E-state index contributed by atoms with van der Waals surface area (Å²) in [6, 6.07) is 0. The minimum Gasteiger partial charge on any atom is -0.496 e. The number of carbonyl (C=O) groups excluding carboxylic acids is 3. The maximum absolute atomic E-state index is 12.8. The minimum atomic E-state index is -0.735. The molecule has 0 radical (unpaired) electrons. The fourth-order valence-corrected chi connectivity index (χ4v) is 5.94. The van der Waals surface area contributed by atoms with Crippen molar-refractivity contribution in [1.82, 2.24) is 9.80 Å². The quantitative estimate of drug-likeness (QED) is 0.656. The number of likely N-dealkylation sites (tertiary alicyclic amines) is 2. The lowest BCUT2D eigenvalue weighted by Crippen LogP contribution is -2.51. The van der Waals surface area contributed by atoms with Crippen LogP contribution < -0.4 is 0 Å². The van der Waals surface area contributed by atoms with Crippen LogP contribution in [0.3, 0.4) is 0 Å². The molecule has 4 aliphatic heterocycles. The summed E-state index contributed by atoms with van der Waals surface area (Å²) in [5, 5.41) is 10.9. The Kier molecular flexibility index (Phi) is 5.45. The first kappa shape index (κ1) is 21.4. The van der Waals surface area contributed by atoms with Crippen molar-refractivity contribution < 1.29 is 29.0 Å². The van der Waals surface area contributed by atoms with Gasteiger partial charge in [-0.3, -0.25) is 9.59 Å². The van der Waals surface area contributed by atoms with E-state index < -0.39 is 12.0 Å². The molecule has 0 aromatic heterocycles. The van der Waals surface area contributed by atoms with Crippen molar-refractivity contribution in [2.45, 2.75) is 45.1 Å². The number of cyclic esters (lactones) is 1. The maximum Gasteiger partial charge on any atom is 0.333 e. The Hall–Kier alpha value is -2.45. The highest BCUT2D eigenvalue weighted by Crippen LogP contribution is 2.43. The molecule has 172 valence electrons. The summed E-state index contributed by atoms with van der Waals surface area (Å²) >= 11 is 0. The number of Topliss-reactive ketones (excluding diaryl/α,β-unsaturated/α-hetero) is 1. The van der Waals surface area contributed by atoms with Crippen molar-refractivity contribution in [3.05, 3.63) is 34.8 Å². The first-order chi connectivity index (χ1) is 15.3. The summed E-state index contributed by atoms with van der Waals surface area (Å²) in [5.41, 5.74) is 3.62. The standard InChI is InChI=1S/C24H30N2O6/c1-15-18-14-31-12-16(18)8-19(27)23(15)20(28)11-25-5-2-24(3-6-25)4-7-26(21(29)10-24)17-9-22(30)32-13-17/h9,12,20,23,28H,2-8,10-11,13-14H2,1H3/t20-,23?/m0/s1. The molecule has 1 unspecified atom stereocenters. The summed E-state index contributed by atoms with van der Waals surface area (Å²) in [4.78, 5) is 40.7. The van der Waals surface area contributed by atoms with Gasteiger partial charge in [0.1, 0.15) is 19.0 Å². The minimum absolute atomic E-state index is 0.0154. The molecule has 0 aromatic carbocycles. The van der Waals surface area contributed by atoms with Crippen molar-refractivity contribution in [1.29, 1.82) is 0 Å². The monoisotopic (exact) mass is 442 g/mol. The van der Waals surface area contributed by atoms with Crippen LogP contribution in [-0.4, -0.2) is 78.1 Å². The van der Waals surface area contributed by atoms with Crippen LogP contribution >= 0.6 is 0 Å². The third kappa shape index (κ3) is 3.79. The number of fused-ring (bicyclic) bond motifs is 1. The van der Waals surface area contributed by atoms with Gasteiger partial charge in [0.2, 0.25) is 5.91 Å². The Labute approximate surface area is 187 Å². The van der Waals surface area contributed by atoms with Crippen molar-refractivity contribution in [2.24, 2.45) is 11.3 Å². The molecule has 1 amide bonds. The topological polar surface area (TPSA) is 96.4 Å². The highest BCUT2D eigenvalue weighted by atomic mass is 16.5. The summed E-state index contributed by atoms with van der Waals surface area (Å²) < 4.78 is 10.3. The van der Waals surface area contributed by atoms with Gasteiger partial charge in [-0.1, -0.05) is 5.57 Å². The van der Waals surface area contributed by atoms with Gasteiger partial charge in [-0.05, 0) is 50.3 Å². The van der Waals surface area contributed by atoms with Gasteiger partial charge in [0, 0.05) is 37.6 Å². The molecule has 1 aliphatic carbocycles. The van der Waals surface area contributed by atoms with Crippen LogP contribution in [-0.2, 0) is 23.9 Å². The summed E-state index contributed by atoms with van der Waals surface area (Å²) in [6.45, 7) is 5.30. The SMILES string of the molecule is CC1=C2COC=C2CC(=O)C1[C@@H](O)CN1CCC2(CC1)CCN(C1=CC(=O)OC1)C(=O)C2. The lowest BCUT2D eigenvalue weighted by atomic mass is 9.70. The number of hydrogen-bond acceptors (Lipinski definition) is 7. The smallest absolute Gasteiger partial charge is 0.333 e. The third-order valence-corrected chi connectivity index (χ3v) is 7.93. The number of rotatable bonds is 4. The normalized spacial score (nSPS) is 29.0. The number of hydrogen-bond donors (Lipinski definition) is 1. The summed E-state index contributed by atoms with van der Waals surface area (Å²) in [7, 11) is 0. The fraction of sp³-hybridized carbons (Fsp3) is 0.625. The average molecular weight is 443 g/mol. The molecule has 8 heteroatoms. The van der Waals surface area contributed by atoms with Gasteiger partial charge in [0.15, 0.2) is 0 Å². The lowest BCUT2D eigenvalue weighted by Gasteiger charge is -2.47. The Balaban J connectivity index is 1.17. The van der Waals surface area contributed by atoms with E-state index in [4.69, 9.17) is 9.47 Å². The largest absolute Gasteiger partial charge is 0.496 e. The van der Waals surface area contributed by atoms with Crippen molar-refractivity contribution in [3.8, 4) is 0 Å². The fourth-order valence-electron chi connectivity index (χ4n) is 5.94. The van der Waals surface area contributed by atoms with E-state index in [2.05, 4.69) is 4.90 Å². The number of nitrogens with zero attached hydrogens (tertiary/aromatic N) is 2. The van der Waals surface area contributed by atoms with Crippen LogP contribution in [0.25, 0.3) is 0 Å².